The summed E-state index contributed by atoms with van der Waals surface area (Å²) in [6, 6.07) is 9.91. The van der Waals surface area contributed by atoms with Crippen LogP contribution in [0, 0.1) is 0 Å². The molecule has 1 aliphatic carbocycles. The summed E-state index contributed by atoms with van der Waals surface area (Å²) in [6.07, 6.45) is 5.52. The molecule has 2 atom stereocenters. The standard InChI is InChI=1S/C13H13NO2/c15-13(8-10-4-2-1-3-5-10)14-11-6-7-12(9-11)16-14/h1-7,11-12H,8-9H2. The van der Waals surface area contributed by atoms with Crippen LogP contribution in [-0.4, -0.2) is 23.1 Å². The second kappa shape index (κ2) is 3.76. The van der Waals surface area contributed by atoms with Crippen molar-refractivity contribution in [1.29, 1.82) is 0 Å². The van der Waals surface area contributed by atoms with Crippen LogP contribution in [0.3, 0.4) is 0 Å². The van der Waals surface area contributed by atoms with E-state index in [0.29, 0.717) is 6.42 Å². The fraction of sp³-hybridized carbons (Fsp3) is 0.308. The Balaban J connectivity index is 1.69. The van der Waals surface area contributed by atoms with Crippen LogP contribution in [0.5, 0.6) is 0 Å². The monoisotopic (exact) mass is 215 g/mol. The van der Waals surface area contributed by atoms with Crippen LogP contribution in [0.2, 0.25) is 0 Å². The van der Waals surface area contributed by atoms with Crippen molar-refractivity contribution >= 4 is 5.91 Å². The minimum atomic E-state index is 0.0445. The molecule has 3 nitrogen and oxygen atoms in total. The minimum absolute atomic E-state index is 0.0445. The molecule has 2 aliphatic rings. The highest BCUT2D eigenvalue weighted by Crippen LogP contribution is 2.29. The van der Waals surface area contributed by atoms with Gasteiger partial charge in [0.05, 0.1) is 12.5 Å². The van der Waals surface area contributed by atoms with Gasteiger partial charge in [0.2, 0.25) is 0 Å². The zero-order valence-electron chi connectivity index (χ0n) is 8.87. The van der Waals surface area contributed by atoms with Crippen molar-refractivity contribution in [3.63, 3.8) is 0 Å². The third-order valence-corrected chi connectivity index (χ3v) is 3.02. The lowest BCUT2D eigenvalue weighted by molar-refractivity contribution is -0.182. The van der Waals surface area contributed by atoms with E-state index in [9.17, 15) is 4.79 Å². The molecule has 1 heterocycles. The maximum absolute atomic E-state index is 12.0. The van der Waals surface area contributed by atoms with Crippen LogP contribution < -0.4 is 0 Å². The molecule has 0 N–H and O–H groups in total. The van der Waals surface area contributed by atoms with Crippen molar-refractivity contribution in [2.24, 2.45) is 0 Å². The normalized spacial score (nSPS) is 26.4. The lowest BCUT2D eigenvalue weighted by Gasteiger charge is -2.22. The molecule has 1 aromatic rings. The summed E-state index contributed by atoms with van der Waals surface area (Å²) in [7, 11) is 0. The van der Waals surface area contributed by atoms with Crippen LogP contribution in [0.15, 0.2) is 42.5 Å². The molecule has 1 aliphatic heterocycles. The number of hydroxylamine groups is 2. The molecule has 82 valence electrons. The van der Waals surface area contributed by atoms with E-state index in [0.717, 1.165) is 12.0 Å². The van der Waals surface area contributed by atoms with Gasteiger partial charge in [0.1, 0.15) is 6.10 Å². The summed E-state index contributed by atoms with van der Waals surface area (Å²) in [6.45, 7) is 0. The Labute approximate surface area is 94.3 Å². The zero-order valence-corrected chi connectivity index (χ0v) is 8.87. The van der Waals surface area contributed by atoms with E-state index in [2.05, 4.69) is 6.08 Å². The highest BCUT2D eigenvalue weighted by molar-refractivity contribution is 5.78. The number of nitrogens with zero attached hydrogens (tertiary/aromatic N) is 1. The summed E-state index contributed by atoms with van der Waals surface area (Å²) in [5.74, 6) is 0.0445. The summed E-state index contributed by atoms with van der Waals surface area (Å²) in [5, 5.41) is 1.53. The first-order chi connectivity index (χ1) is 7.83. The molecule has 0 radical (unpaired) electrons. The van der Waals surface area contributed by atoms with E-state index in [1.807, 2.05) is 36.4 Å². The van der Waals surface area contributed by atoms with E-state index in [-0.39, 0.29) is 18.1 Å². The molecular formula is C13H13NO2. The topological polar surface area (TPSA) is 29.5 Å². The predicted molar refractivity (Wildman–Crippen MR) is 59.4 cm³/mol. The van der Waals surface area contributed by atoms with E-state index >= 15 is 0 Å². The first kappa shape index (κ1) is 9.60. The summed E-state index contributed by atoms with van der Waals surface area (Å²) in [5.41, 5.74) is 1.03. The molecule has 3 rings (SSSR count). The maximum Gasteiger partial charge on any atom is 0.251 e. The summed E-state index contributed by atoms with van der Waals surface area (Å²) < 4.78 is 0. The Bertz CT molecular complexity index is 427. The van der Waals surface area contributed by atoms with Crippen LogP contribution >= 0.6 is 0 Å². The highest BCUT2D eigenvalue weighted by atomic mass is 16.7. The molecule has 1 amide bonds. The minimum Gasteiger partial charge on any atom is -0.272 e. The quantitative estimate of drug-likeness (QED) is 0.703. The second-order valence-corrected chi connectivity index (χ2v) is 4.21. The third kappa shape index (κ3) is 1.63. The van der Waals surface area contributed by atoms with Gasteiger partial charge in [0.25, 0.3) is 5.91 Å². The number of amides is 1. The lowest BCUT2D eigenvalue weighted by Crippen LogP contribution is -2.35. The molecule has 2 unspecified atom stereocenters. The molecule has 16 heavy (non-hydrogen) atoms. The SMILES string of the molecule is O=C(Cc1ccccc1)N1OC2C=CC1C2. The van der Waals surface area contributed by atoms with Gasteiger partial charge in [-0.15, -0.1) is 0 Å². The Kier molecular flexibility index (Phi) is 2.26. The maximum atomic E-state index is 12.0. The molecule has 1 aromatic carbocycles. The van der Waals surface area contributed by atoms with Crippen molar-refractivity contribution in [2.75, 3.05) is 0 Å². The average Bonchev–Trinajstić information content (AvgIpc) is 2.92. The van der Waals surface area contributed by atoms with E-state index < -0.39 is 0 Å². The van der Waals surface area contributed by atoms with Crippen LogP contribution in [-0.2, 0) is 16.1 Å². The van der Waals surface area contributed by atoms with Gasteiger partial charge >= 0.3 is 0 Å². The van der Waals surface area contributed by atoms with Gasteiger partial charge in [0.15, 0.2) is 0 Å². The zero-order chi connectivity index (χ0) is 11.0. The molecule has 2 bridgehead atoms. The number of hydrogen-bond acceptors (Lipinski definition) is 2. The fourth-order valence-electron chi connectivity index (χ4n) is 2.22. The van der Waals surface area contributed by atoms with Crippen molar-refractivity contribution in [3.8, 4) is 0 Å². The van der Waals surface area contributed by atoms with E-state index in [1.165, 1.54) is 5.06 Å². The summed E-state index contributed by atoms with van der Waals surface area (Å²) >= 11 is 0. The number of rotatable bonds is 2. The Morgan fingerprint density at radius 3 is 2.75 bits per heavy atom. The van der Waals surface area contributed by atoms with Crippen LogP contribution in [0.4, 0.5) is 0 Å². The first-order valence-corrected chi connectivity index (χ1v) is 5.54. The van der Waals surface area contributed by atoms with Crippen molar-refractivity contribution in [2.45, 2.75) is 25.0 Å². The molecule has 0 aromatic heterocycles. The van der Waals surface area contributed by atoms with Gasteiger partial charge in [-0.1, -0.05) is 42.5 Å². The molecule has 3 heteroatoms. The van der Waals surface area contributed by atoms with Crippen molar-refractivity contribution < 1.29 is 9.63 Å². The average molecular weight is 215 g/mol. The number of fused-ring (bicyclic) bond motifs is 2. The largest absolute Gasteiger partial charge is 0.272 e. The third-order valence-electron chi connectivity index (χ3n) is 3.02. The van der Waals surface area contributed by atoms with Crippen molar-refractivity contribution in [3.05, 3.63) is 48.0 Å². The molecule has 0 spiro atoms. The molecule has 1 saturated heterocycles. The van der Waals surface area contributed by atoms with Crippen molar-refractivity contribution in [1.82, 2.24) is 5.06 Å². The molecule has 1 fully saturated rings. The lowest BCUT2D eigenvalue weighted by atomic mass is 10.1. The van der Waals surface area contributed by atoms with E-state index in [4.69, 9.17) is 4.84 Å². The number of hydrogen-bond donors (Lipinski definition) is 0. The summed E-state index contributed by atoms with van der Waals surface area (Å²) in [4.78, 5) is 17.5. The Morgan fingerprint density at radius 2 is 2.12 bits per heavy atom. The Hall–Kier alpha value is -1.61. The fourth-order valence-corrected chi connectivity index (χ4v) is 2.22. The molecular weight excluding hydrogens is 202 g/mol. The van der Waals surface area contributed by atoms with Crippen LogP contribution in [0.1, 0.15) is 12.0 Å². The number of benzene rings is 1. The van der Waals surface area contributed by atoms with Gasteiger partial charge in [0, 0.05) is 6.42 Å². The van der Waals surface area contributed by atoms with Gasteiger partial charge in [-0.2, -0.15) is 0 Å². The molecule has 0 saturated carbocycles. The van der Waals surface area contributed by atoms with Crippen LogP contribution in [0.25, 0.3) is 0 Å². The first-order valence-electron chi connectivity index (χ1n) is 5.54. The van der Waals surface area contributed by atoms with E-state index in [1.54, 1.807) is 0 Å². The smallest absolute Gasteiger partial charge is 0.251 e. The van der Waals surface area contributed by atoms with Gasteiger partial charge in [-0.05, 0) is 5.56 Å². The van der Waals surface area contributed by atoms with Gasteiger partial charge in [-0.25, -0.2) is 5.06 Å². The number of carbonyl (C=O) groups is 1. The highest BCUT2D eigenvalue weighted by Gasteiger charge is 2.37. The van der Waals surface area contributed by atoms with Gasteiger partial charge < -0.3 is 0 Å². The number of carbonyl (C=O) groups excluding carboxylic acids is 1. The predicted octanol–water partition coefficient (Wildman–Crippen LogP) is 1.70. The second-order valence-electron chi connectivity index (χ2n) is 4.21. The van der Waals surface area contributed by atoms with Gasteiger partial charge in [-0.3, -0.25) is 9.63 Å². The Morgan fingerprint density at radius 1 is 1.31 bits per heavy atom.